The molecule has 4 heteroatoms. The molecule has 1 amide bonds. The molecule has 0 spiro atoms. The summed E-state index contributed by atoms with van der Waals surface area (Å²) in [6.07, 6.45) is 63.8. The summed E-state index contributed by atoms with van der Waals surface area (Å²) >= 11 is 0. The van der Waals surface area contributed by atoms with Crippen LogP contribution in [0.5, 0.6) is 0 Å². The number of hydrogen-bond donors (Lipinski definition) is 3. The zero-order chi connectivity index (χ0) is 41.4. The molecule has 0 heterocycles. The van der Waals surface area contributed by atoms with Crippen molar-refractivity contribution < 1.29 is 15.0 Å². The maximum absolute atomic E-state index is 12.3. The Balaban J connectivity index is 3.27. The molecular weight excluding hydrogens is 699 g/mol. The van der Waals surface area contributed by atoms with E-state index >= 15 is 0 Å². The molecule has 57 heavy (non-hydrogen) atoms. The number of carbonyl (C=O) groups is 1. The summed E-state index contributed by atoms with van der Waals surface area (Å²) in [5.74, 6) is -0.0310. The first-order valence-electron chi connectivity index (χ1n) is 26.4. The number of amides is 1. The molecular formula is C53H105NO3. The number of rotatable bonds is 49. The second kappa shape index (κ2) is 49.5. The third-order valence-corrected chi connectivity index (χ3v) is 12.5. The predicted molar refractivity (Wildman–Crippen MR) is 253 cm³/mol. The van der Waals surface area contributed by atoms with Crippen LogP contribution in [-0.4, -0.2) is 34.9 Å². The molecule has 0 aliphatic carbocycles. The van der Waals surface area contributed by atoms with Crippen molar-refractivity contribution in [1.82, 2.24) is 5.32 Å². The average Bonchev–Trinajstić information content (AvgIpc) is 3.22. The third-order valence-electron chi connectivity index (χ3n) is 12.5. The maximum atomic E-state index is 12.3. The van der Waals surface area contributed by atoms with Gasteiger partial charge in [-0.1, -0.05) is 270 Å². The fourth-order valence-corrected chi connectivity index (χ4v) is 8.48. The number of hydrogen-bond acceptors (Lipinski definition) is 3. The SMILES string of the molecule is CCCCCCCCCC/C=C\CCCCCCCCCCCCCCCCCCCCCCCCCCCCCC(=O)NC(CO)C(O)CCCCCCCC. The normalized spacial score (nSPS) is 12.8. The van der Waals surface area contributed by atoms with Gasteiger partial charge in [-0.2, -0.15) is 0 Å². The molecule has 0 aliphatic heterocycles. The Kier molecular flexibility index (Phi) is 48.7. The van der Waals surface area contributed by atoms with Crippen molar-refractivity contribution in [2.45, 2.75) is 315 Å². The summed E-state index contributed by atoms with van der Waals surface area (Å²) in [6.45, 7) is 4.32. The van der Waals surface area contributed by atoms with Gasteiger partial charge < -0.3 is 15.5 Å². The Morgan fingerprint density at radius 1 is 0.404 bits per heavy atom. The molecule has 0 fully saturated rings. The second-order valence-electron chi connectivity index (χ2n) is 18.3. The molecule has 4 nitrogen and oxygen atoms in total. The van der Waals surface area contributed by atoms with Crippen LogP contribution < -0.4 is 5.32 Å². The van der Waals surface area contributed by atoms with Crippen molar-refractivity contribution in [3.05, 3.63) is 12.2 Å². The number of unbranched alkanes of at least 4 members (excludes halogenated alkanes) is 40. The van der Waals surface area contributed by atoms with Crippen LogP contribution in [-0.2, 0) is 4.79 Å². The van der Waals surface area contributed by atoms with Crippen molar-refractivity contribution in [2.24, 2.45) is 0 Å². The van der Waals surface area contributed by atoms with Crippen LogP contribution in [0, 0.1) is 0 Å². The molecule has 0 saturated carbocycles. The van der Waals surface area contributed by atoms with E-state index in [1.165, 1.54) is 250 Å². The van der Waals surface area contributed by atoms with E-state index in [-0.39, 0.29) is 12.5 Å². The van der Waals surface area contributed by atoms with Gasteiger partial charge in [-0.15, -0.1) is 0 Å². The maximum Gasteiger partial charge on any atom is 0.220 e. The second-order valence-corrected chi connectivity index (χ2v) is 18.3. The van der Waals surface area contributed by atoms with E-state index in [0.29, 0.717) is 12.8 Å². The minimum Gasteiger partial charge on any atom is -0.394 e. The van der Waals surface area contributed by atoms with E-state index in [9.17, 15) is 15.0 Å². The summed E-state index contributed by atoms with van der Waals surface area (Å²) in [6, 6.07) is -0.528. The van der Waals surface area contributed by atoms with Gasteiger partial charge in [0.2, 0.25) is 5.91 Å². The lowest BCUT2D eigenvalue weighted by Crippen LogP contribution is -2.45. The Hall–Kier alpha value is -0.870. The fraction of sp³-hybridized carbons (Fsp3) is 0.943. The lowest BCUT2D eigenvalue weighted by Gasteiger charge is -2.22. The van der Waals surface area contributed by atoms with Crippen LogP contribution in [0.1, 0.15) is 303 Å². The van der Waals surface area contributed by atoms with Gasteiger partial charge in [0.1, 0.15) is 0 Å². The van der Waals surface area contributed by atoms with Crippen molar-refractivity contribution >= 4 is 5.91 Å². The van der Waals surface area contributed by atoms with Crippen molar-refractivity contribution in [1.29, 1.82) is 0 Å². The van der Waals surface area contributed by atoms with Crippen LogP contribution >= 0.6 is 0 Å². The number of nitrogens with one attached hydrogen (secondary N) is 1. The Labute approximate surface area is 358 Å². The topological polar surface area (TPSA) is 69.6 Å². The zero-order valence-corrected chi connectivity index (χ0v) is 39.1. The van der Waals surface area contributed by atoms with Crippen LogP contribution in [0.25, 0.3) is 0 Å². The zero-order valence-electron chi connectivity index (χ0n) is 39.1. The molecule has 0 aromatic heterocycles. The van der Waals surface area contributed by atoms with Gasteiger partial charge in [0.15, 0.2) is 0 Å². The minimum absolute atomic E-state index is 0.0310. The molecule has 0 rings (SSSR count). The number of allylic oxidation sites excluding steroid dienone is 2. The van der Waals surface area contributed by atoms with E-state index in [0.717, 1.165) is 25.7 Å². The van der Waals surface area contributed by atoms with Crippen molar-refractivity contribution in [2.75, 3.05) is 6.61 Å². The molecule has 0 aromatic rings. The van der Waals surface area contributed by atoms with Gasteiger partial charge in [-0.3, -0.25) is 4.79 Å². The molecule has 340 valence electrons. The summed E-state index contributed by atoms with van der Waals surface area (Å²) in [7, 11) is 0. The highest BCUT2D eigenvalue weighted by atomic mass is 16.3. The largest absolute Gasteiger partial charge is 0.394 e. The Bertz CT molecular complexity index is 784. The highest BCUT2D eigenvalue weighted by Crippen LogP contribution is 2.17. The van der Waals surface area contributed by atoms with Crippen molar-refractivity contribution in [3.63, 3.8) is 0 Å². The first kappa shape index (κ1) is 56.1. The van der Waals surface area contributed by atoms with Crippen LogP contribution in [0.4, 0.5) is 0 Å². The van der Waals surface area contributed by atoms with Gasteiger partial charge in [0.25, 0.3) is 0 Å². The predicted octanol–water partition coefficient (Wildman–Crippen LogP) is 17.0. The molecule has 0 saturated heterocycles. The monoisotopic (exact) mass is 804 g/mol. The summed E-state index contributed by atoms with van der Waals surface area (Å²) < 4.78 is 0. The molecule has 0 radical (unpaired) electrons. The summed E-state index contributed by atoms with van der Waals surface area (Å²) in [5.41, 5.74) is 0. The van der Waals surface area contributed by atoms with Gasteiger partial charge in [0, 0.05) is 6.42 Å². The van der Waals surface area contributed by atoms with Crippen molar-refractivity contribution in [3.8, 4) is 0 Å². The first-order valence-corrected chi connectivity index (χ1v) is 26.4. The van der Waals surface area contributed by atoms with Crippen LogP contribution in [0.15, 0.2) is 12.2 Å². The number of carbonyl (C=O) groups excluding carboxylic acids is 1. The summed E-state index contributed by atoms with van der Waals surface area (Å²) in [4.78, 5) is 12.3. The first-order chi connectivity index (χ1) is 28.2. The fourth-order valence-electron chi connectivity index (χ4n) is 8.48. The highest BCUT2D eigenvalue weighted by Gasteiger charge is 2.20. The minimum atomic E-state index is -0.651. The lowest BCUT2D eigenvalue weighted by molar-refractivity contribution is -0.123. The van der Waals surface area contributed by atoms with Crippen LogP contribution in [0.3, 0.4) is 0 Å². The Morgan fingerprint density at radius 2 is 0.667 bits per heavy atom. The Morgan fingerprint density at radius 3 is 0.965 bits per heavy atom. The third kappa shape index (κ3) is 46.1. The van der Waals surface area contributed by atoms with E-state index in [1.807, 2.05) is 0 Å². The lowest BCUT2D eigenvalue weighted by atomic mass is 10.0. The summed E-state index contributed by atoms with van der Waals surface area (Å²) in [5, 5.41) is 22.9. The standard InChI is InChI=1S/C53H105NO3/c1-3-5-7-9-11-12-13-14-15-16-17-18-19-20-21-22-23-24-25-26-27-28-29-30-31-32-33-34-35-36-37-38-39-40-41-42-43-45-47-49-53(57)54-51(50-55)52(56)48-46-44-10-8-6-4-2/h16-17,51-52,55-56H,3-15,18-50H2,1-2H3,(H,54,57)/b17-16-. The van der Waals surface area contributed by atoms with E-state index in [2.05, 4.69) is 31.3 Å². The molecule has 3 N–H and O–H groups in total. The van der Waals surface area contributed by atoms with E-state index in [4.69, 9.17) is 0 Å². The highest BCUT2D eigenvalue weighted by molar-refractivity contribution is 5.76. The van der Waals surface area contributed by atoms with Gasteiger partial charge in [-0.25, -0.2) is 0 Å². The van der Waals surface area contributed by atoms with Gasteiger partial charge >= 0.3 is 0 Å². The molecule has 0 aliphatic rings. The molecule has 2 atom stereocenters. The van der Waals surface area contributed by atoms with Gasteiger partial charge in [0.05, 0.1) is 18.8 Å². The molecule has 2 unspecified atom stereocenters. The molecule has 0 bridgehead atoms. The van der Waals surface area contributed by atoms with Crippen LogP contribution in [0.2, 0.25) is 0 Å². The average molecular weight is 804 g/mol. The smallest absolute Gasteiger partial charge is 0.220 e. The van der Waals surface area contributed by atoms with E-state index in [1.54, 1.807) is 0 Å². The quantitative estimate of drug-likeness (QED) is 0.0424. The number of aliphatic hydroxyl groups excluding tert-OH is 2. The van der Waals surface area contributed by atoms with Gasteiger partial charge in [-0.05, 0) is 38.5 Å². The number of aliphatic hydroxyl groups is 2. The van der Waals surface area contributed by atoms with E-state index < -0.39 is 12.1 Å². The molecule has 0 aromatic carbocycles.